The van der Waals surface area contributed by atoms with Crippen LogP contribution in [0.3, 0.4) is 0 Å². The van der Waals surface area contributed by atoms with Gasteiger partial charge in [0, 0.05) is 11.6 Å². The minimum Gasteiger partial charge on any atom is -0.290 e. The van der Waals surface area contributed by atoms with Crippen LogP contribution in [0.25, 0.3) is 10.9 Å². The number of carbonyl (C=O) groups is 1. The van der Waals surface area contributed by atoms with E-state index >= 15 is 0 Å². The Bertz CT molecular complexity index is 642. The van der Waals surface area contributed by atoms with Gasteiger partial charge < -0.3 is 0 Å². The average Bonchev–Trinajstić information content (AvgIpc) is 2.70. The lowest BCUT2D eigenvalue weighted by atomic mass is 10.2. The summed E-state index contributed by atoms with van der Waals surface area (Å²) in [6, 6.07) is 6.10. The summed E-state index contributed by atoms with van der Waals surface area (Å²) in [7, 11) is -2.58. The highest BCUT2D eigenvalue weighted by atomic mass is 32.2. The average molecular weight is 239 g/mol. The molecule has 0 aliphatic rings. The minimum absolute atomic E-state index is 0.0751. The molecule has 5 nitrogen and oxygen atoms in total. The van der Waals surface area contributed by atoms with Gasteiger partial charge in [-0.1, -0.05) is 0 Å². The van der Waals surface area contributed by atoms with Crippen LogP contribution in [-0.2, 0) is 19.1 Å². The molecule has 0 saturated carbocycles. The molecule has 0 N–H and O–H groups in total. The molecule has 6 heteroatoms. The lowest BCUT2D eigenvalue weighted by Crippen LogP contribution is -2.02. The number of benzene rings is 1. The third-order valence-electron chi connectivity index (χ3n) is 2.31. The fourth-order valence-electron chi connectivity index (χ4n) is 1.49. The first kappa shape index (κ1) is 10.8. The predicted octanol–water partition coefficient (Wildman–Crippen LogP) is 1.01. The largest absolute Gasteiger partial charge is 0.296 e. The van der Waals surface area contributed by atoms with Gasteiger partial charge in [0.2, 0.25) is 6.41 Å². The minimum atomic E-state index is -3.68. The van der Waals surface area contributed by atoms with Crippen molar-refractivity contribution in [2.75, 3.05) is 7.11 Å². The van der Waals surface area contributed by atoms with Crippen molar-refractivity contribution in [2.24, 2.45) is 0 Å². The van der Waals surface area contributed by atoms with Gasteiger partial charge in [-0.2, -0.15) is 8.42 Å². The molecule has 0 fully saturated rings. The predicted molar refractivity (Wildman–Crippen MR) is 58.3 cm³/mol. The highest BCUT2D eigenvalue weighted by molar-refractivity contribution is 7.86. The van der Waals surface area contributed by atoms with E-state index in [4.69, 9.17) is 0 Å². The van der Waals surface area contributed by atoms with Crippen LogP contribution in [0.2, 0.25) is 0 Å². The molecule has 16 heavy (non-hydrogen) atoms. The Labute approximate surface area is 92.4 Å². The van der Waals surface area contributed by atoms with Crippen molar-refractivity contribution in [1.29, 1.82) is 0 Å². The van der Waals surface area contributed by atoms with Crippen molar-refractivity contribution >= 4 is 27.4 Å². The van der Waals surface area contributed by atoms with Crippen LogP contribution in [0.1, 0.15) is 0 Å². The molecular weight excluding hydrogens is 230 g/mol. The van der Waals surface area contributed by atoms with Crippen LogP contribution >= 0.6 is 0 Å². The van der Waals surface area contributed by atoms with E-state index in [0.29, 0.717) is 17.3 Å². The molecule has 1 aromatic heterocycles. The smallest absolute Gasteiger partial charge is 0.290 e. The number of aromatic nitrogens is 1. The molecule has 2 rings (SSSR count). The first-order chi connectivity index (χ1) is 7.58. The van der Waals surface area contributed by atoms with Gasteiger partial charge in [0.15, 0.2) is 0 Å². The van der Waals surface area contributed by atoms with Crippen molar-refractivity contribution in [1.82, 2.24) is 4.57 Å². The van der Waals surface area contributed by atoms with E-state index in [9.17, 15) is 13.2 Å². The normalized spacial score (nSPS) is 11.8. The number of rotatable bonds is 3. The summed E-state index contributed by atoms with van der Waals surface area (Å²) in [5, 5.41) is 0.672. The van der Waals surface area contributed by atoms with Crippen molar-refractivity contribution in [3.05, 3.63) is 30.5 Å². The standard InChI is InChI=1S/C10H9NO4S/c1-15-16(13,14)9-2-3-10-8(6-9)4-5-11(10)7-12/h2-7H,1H3. The van der Waals surface area contributed by atoms with Crippen LogP contribution < -0.4 is 0 Å². The summed E-state index contributed by atoms with van der Waals surface area (Å²) in [5.74, 6) is 0. The van der Waals surface area contributed by atoms with Crippen molar-refractivity contribution in [3.8, 4) is 0 Å². The maximum absolute atomic E-state index is 11.4. The van der Waals surface area contributed by atoms with E-state index in [-0.39, 0.29) is 4.90 Å². The highest BCUT2D eigenvalue weighted by Gasteiger charge is 2.13. The Morgan fingerprint density at radius 2 is 2.06 bits per heavy atom. The molecule has 0 radical (unpaired) electrons. The van der Waals surface area contributed by atoms with Gasteiger partial charge in [0.05, 0.1) is 17.5 Å². The lowest BCUT2D eigenvalue weighted by molar-refractivity contribution is 0.398. The fraction of sp³-hybridized carbons (Fsp3) is 0.100. The lowest BCUT2D eigenvalue weighted by Gasteiger charge is -2.01. The third-order valence-corrected chi connectivity index (χ3v) is 3.58. The first-order valence-electron chi connectivity index (χ1n) is 4.45. The number of fused-ring (bicyclic) bond motifs is 1. The molecule has 0 aliphatic carbocycles. The molecule has 0 spiro atoms. The second-order valence-electron chi connectivity index (χ2n) is 3.17. The monoisotopic (exact) mass is 239 g/mol. The number of carbonyl (C=O) groups excluding carboxylic acids is 1. The molecule has 0 saturated heterocycles. The number of hydrogen-bond donors (Lipinski definition) is 0. The SMILES string of the molecule is COS(=O)(=O)c1ccc2c(ccn2C=O)c1. The molecule has 84 valence electrons. The molecule has 0 atom stereocenters. The maximum atomic E-state index is 11.4. The molecule has 2 aromatic rings. The third kappa shape index (κ3) is 1.62. The zero-order valence-corrected chi connectivity index (χ0v) is 9.27. The summed E-state index contributed by atoms with van der Waals surface area (Å²) in [4.78, 5) is 10.7. The van der Waals surface area contributed by atoms with E-state index in [1.54, 1.807) is 18.3 Å². The van der Waals surface area contributed by atoms with Gasteiger partial charge in [-0.15, -0.1) is 0 Å². The summed E-state index contributed by atoms with van der Waals surface area (Å²) in [6.07, 6.45) is 2.23. The van der Waals surface area contributed by atoms with Crippen molar-refractivity contribution < 1.29 is 17.4 Å². The van der Waals surface area contributed by atoms with Crippen LogP contribution in [0, 0.1) is 0 Å². The zero-order valence-electron chi connectivity index (χ0n) is 8.45. The van der Waals surface area contributed by atoms with Crippen LogP contribution in [-0.4, -0.2) is 26.5 Å². The molecule has 1 aromatic carbocycles. The maximum Gasteiger partial charge on any atom is 0.296 e. The van der Waals surface area contributed by atoms with Gasteiger partial charge >= 0.3 is 0 Å². The first-order valence-corrected chi connectivity index (χ1v) is 5.86. The Hall–Kier alpha value is -1.66. The highest BCUT2D eigenvalue weighted by Crippen LogP contribution is 2.20. The Kier molecular flexibility index (Phi) is 2.53. The van der Waals surface area contributed by atoms with Gasteiger partial charge in [-0.05, 0) is 24.3 Å². The number of nitrogens with zero attached hydrogens (tertiary/aromatic N) is 1. The Morgan fingerprint density at radius 3 is 2.69 bits per heavy atom. The van der Waals surface area contributed by atoms with Crippen molar-refractivity contribution in [3.63, 3.8) is 0 Å². The Balaban J connectivity index is 2.67. The summed E-state index contributed by atoms with van der Waals surface area (Å²) in [5.41, 5.74) is 0.657. The summed E-state index contributed by atoms with van der Waals surface area (Å²) < 4.78 is 28.6. The van der Waals surface area contributed by atoms with E-state index in [0.717, 1.165) is 7.11 Å². The summed E-state index contributed by atoms with van der Waals surface area (Å²) >= 11 is 0. The topological polar surface area (TPSA) is 65.4 Å². The molecule has 1 heterocycles. The number of hydrogen-bond acceptors (Lipinski definition) is 4. The zero-order chi connectivity index (χ0) is 11.8. The molecule has 0 aliphatic heterocycles. The molecule has 0 unspecified atom stereocenters. The van der Waals surface area contributed by atoms with Gasteiger partial charge in [0.25, 0.3) is 10.1 Å². The van der Waals surface area contributed by atoms with Gasteiger partial charge in [-0.3, -0.25) is 13.5 Å². The summed E-state index contributed by atoms with van der Waals surface area (Å²) in [6.45, 7) is 0. The van der Waals surface area contributed by atoms with Crippen LogP contribution in [0.15, 0.2) is 35.4 Å². The second kappa shape index (κ2) is 3.73. The molecule has 0 bridgehead atoms. The van der Waals surface area contributed by atoms with Gasteiger partial charge in [-0.25, -0.2) is 0 Å². The second-order valence-corrected chi connectivity index (χ2v) is 4.88. The van der Waals surface area contributed by atoms with Crippen molar-refractivity contribution in [2.45, 2.75) is 4.90 Å². The van der Waals surface area contributed by atoms with Crippen LogP contribution in [0.5, 0.6) is 0 Å². The quantitative estimate of drug-likeness (QED) is 0.592. The molecule has 0 amide bonds. The van der Waals surface area contributed by atoms with E-state index in [2.05, 4.69) is 4.18 Å². The van der Waals surface area contributed by atoms with E-state index in [1.807, 2.05) is 0 Å². The van der Waals surface area contributed by atoms with Crippen LogP contribution in [0.4, 0.5) is 0 Å². The van der Waals surface area contributed by atoms with E-state index in [1.165, 1.54) is 16.7 Å². The van der Waals surface area contributed by atoms with Gasteiger partial charge in [0.1, 0.15) is 0 Å². The van der Waals surface area contributed by atoms with E-state index < -0.39 is 10.1 Å². The fourth-order valence-corrected chi connectivity index (χ4v) is 2.18. The Morgan fingerprint density at radius 1 is 1.31 bits per heavy atom. The molecular formula is C10H9NO4S.